The van der Waals surface area contributed by atoms with Crippen molar-refractivity contribution in [3.05, 3.63) is 0 Å². The molecule has 0 amide bonds. The van der Waals surface area contributed by atoms with E-state index in [9.17, 15) is 0 Å². The van der Waals surface area contributed by atoms with Gasteiger partial charge in [-0.25, -0.2) is 0 Å². The van der Waals surface area contributed by atoms with Crippen molar-refractivity contribution >= 4 is 5.96 Å². The summed E-state index contributed by atoms with van der Waals surface area (Å²) >= 11 is 0. The van der Waals surface area contributed by atoms with Crippen LogP contribution >= 0.6 is 0 Å². The zero-order valence-electron chi connectivity index (χ0n) is 13.7. The molecule has 5 nitrogen and oxygen atoms in total. The van der Waals surface area contributed by atoms with E-state index in [4.69, 9.17) is 4.74 Å². The number of nitrogens with zero attached hydrogens (tertiary/aromatic N) is 2. The summed E-state index contributed by atoms with van der Waals surface area (Å²) in [6, 6.07) is 0. The maximum Gasteiger partial charge on any atom is 0.191 e. The molecule has 0 bridgehead atoms. The van der Waals surface area contributed by atoms with Crippen LogP contribution in [0.4, 0.5) is 0 Å². The molecule has 118 valence electrons. The molecule has 1 fully saturated rings. The van der Waals surface area contributed by atoms with Crippen LogP contribution in [0.2, 0.25) is 0 Å². The Hall–Kier alpha value is -0.810. The van der Waals surface area contributed by atoms with E-state index in [1.807, 2.05) is 7.05 Å². The molecule has 0 aliphatic carbocycles. The highest BCUT2D eigenvalue weighted by Crippen LogP contribution is 2.23. The molecule has 0 spiro atoms. The van der Waals surface area contributed by atoms with Gasteiger partial charge in [-0.3, -0.25) is 4.99 Å². The van der Waals surface area contributed by atoms with E-state index >= 15 is 0 Å². The van der Waals surface area contributed by atoms with Crippen LogP contribution in [0.25, 0.3) is 0 Å². The molecule has 0 aromatic carbocycles. The van der Waals surface area contributed by atoms with Crippen molar-refractivity contribution in [1.29, 1.82) is 0 Å². The van der Waals surface area contributed by atoms with Crippen LogP contribution in [0.15, 0.2) is 4.99 Å². The van der Waals surface area contributed by atoms with E-state index in [2.05, 4.69) is 41.3 Å². The van der Waals surface area contributed by atoms with Gasteiger partial charge in [-0.05, 0) is 39.3 Å². The first kappa shape index (κ1) is 17.2. The Morgan fingerprint density at radius 3 is 2.65 bits per heavy atom. The third-order valence-corrected chi connectivity index (χ3v) is 3.86. The summed E-state index contributed by atoms with van der Waals surface area (Å²) in [5.74, 6) is 0.870. The van der Waals surface area contributed by atoms with Crippen LogP contribution in [0, 0.1) is 0 Å². The molecule has 0 aromatic rings. The molecule has 1 aliphatic heterocycles. The number of rotatable bonds is 8. The van der Waals surface area contributed by atoms with Crippen LogP contribution in [-0.4, -0.2) is 62.8 Å². The number of aliphatic imine (C=N–C) groups is 1. The molecule has 0 saturated carbocycles. The van der Waals surface area contributed by atoms with Crippen molar-refractivity contribution in [3.8, 4) is 0 Å². The molecule has 1 rings (SSSR count). The van der Waals surface area contributed by atoms with Gasteiger partial charge < -0.3 is 20.3 Å². The van der Waals surface area contributed by atoms with Gasteiger partial charge in [0.2, 0.25) is 0 Å². The second-order valence-electron chi connectivity index (χ2n) is 5.69. The third-order valence-electron chi connectivity index (χ3n) is 3.86. The summed E-state index contributed by atoms with van der Waals surface area (Å²) in [7, 11) is 1.82. The van der Waals surface area contributed by atoms with Crippen LogP contribution in [-0.2, 0) is 4.74 Å². The average molecular weight is 284 g/mol. The Morgan fingerprint density at radius 2 is 2.10 bits per heavy atom. The number of likely N-dealkylation sites (N-methyl/N-ethyl adjacent to an activating group) is 1. The lowest BCUT2D eigenvalue weighted by molar-refractivity contribution is 0.0243. The summed E-state index contributed by atoms with van der Waals surface area (Å²) in [4.78, 5) is 6.72. The van der Waals surface area contributed by atoms with Gasteiger partial charge in [-0.15, -0.1) is 0 Å². The average Bonchev–Trinajstić information content (AvgIpc) is 2.88. The highest BCUT2D eigenvalue weighted by atomic mass is 16.5. The molecule has 5 heteroatoms. The molecule has 1 aliphatic rings. The second kappa shape index (κ2) is 9.19. The first-order valence-electron chi connectivity index (χ1n) is 7.94. The number of ether oxygens (including phenoxy) is 1. The fourth-order valence-corrected chi connectivity index (χ4v) is 2.54. The van der Waals surface area contributed by atoms with Gasteiger partial charge in [0.25, 0.3) is 0 Å². The Bertz CT molecular complexity index is 288. The molecule has 1 heterocycles. The zero-order chi connectivity index (χ0) is 14.8. The van der Waals surface area contributed by atoms with Crippen LogP contribution in [0.1, 0.15) is 40.0 Å². The molecule has 20 heavy (non-hydrogen) atoms. The number of nitrogens with one attached hydrogen (secondary N) is 2. The fourth-order valence-electron chi connectivity index (χ4n) is 2.54. The second-order valence-corrected chi connectivity index (χ2v) is 5.69. The minimum absolute atomic E-state index is 0.0325. The molecule has 2 N–H and O–H groups in total. The quantitative estimate of drug-likeness (QED) is 0.523. The van der Waals surface area contributed by atoms with Gasteiger partial charge in [0.15, 0.2) is 5.96 Å². The predicted octanol–water partition coefficient (Wildman–Crippen LogP) is 1.45. The Balaban J connectivity index is 2.22. The van der Waals surface area contributed by atoms with Crippen molar-refractivity contribution < 1.29 is 4.74 Å². The lowest BCUT2D eigenvalue weighted by Gasteiger charge is -2.25. The molecular formula is C15H32N4O. The van der Waals surface area contributed by atoms with Crippen molar-refractivity contribution in [2.45, 2.75) is 45.6 Å². The molecule has 1 unspecified atom stereocenters. The van der Waals surface area contributed by atoms with E-state index in [1.165, 1.54) is 6.42 Å². The van der Waals surface area contributed by atoms with E-state index < -0.39 is 0 Å². The Kier molecular flexibility index (Phi) is 7.92. The first-order valence-corrected chi connectivity index (χ1v) is 7.94. The Labute approximate surface area is 124 Å². The lowest BCUT2D eigenvalue weighted by atomic mass is 10.0. The van der Waals surface area contributed by atoms with Gasteiger partial charge in [-0.2, -0.15) is 0 Å². The number of hydrogen-bond donors (Lipinski definition) is 2. The SMILES string of the molecule is CCCN(CC)CCNC(=NC)NCC1(C)CCCO1. The van der Waals surface area contributed by atoms with Crippen molar-refractivity contribution in [3.63, 3.8) is 0 Å². The highest BCUT2D eigenvalue weighted by Gasteiger charge is 2.29. The van der Waals surface area contributed by atoms with Crippen molar-refractivity contribution in [1.82, 2.24) is 15.5 Å². The van der Waals surface area contributed by atoms with Gasteiger partial charge in [0.1, 0.15) is 0 Å². The maximum absolute atomic E-state index is 5.77. The Morgan fingerprint density at radius 1 is 1.30 bits per heavy atom. The van der Waals surface area contributed by atoms with Crippen molar-refractivity contribution in [2.75, 3.05) is 46.4 Å². The predicted molar refractivity (Wildman–Crippen MR) is 85.4 cm³/mol. The molecule has 1 atom stereocenters. The summed E-state index contributed by atoms with van der Waals surface area (Å²) in [6.45, 7) is 12.5. The number of guanidine groups is 1. The van der Waals surface area contributed by atoms with E-state index in [0.29, 0.717) is 0 Å². The summed E-state index contributed by atoms with van der Waals surface area (Å²) < 4.78 is 5.77. The molecule has 0 radical (unpaired) electrons. The molecule has 0 aromatic heterocycles. The van der Waals surface area contributed by atoms with Gasteiger partial charge in [-0.1, -0.05) is 13.8 Å². The highest BCUT2D eigenvalue weighted by molar-refractivity contribution is 5.79. The third kappa shape index (κ3) is 6.09. The normalized spacial score (nSPS) is 23.4. The lowest BCUT2D eigenvalue weighted by Crippen LogP contribution is -2.47. The minimum atomic E-state index is -0.0325. The summed E-state index contributed by atoms with van der Waals surface area (Å²) in [5, 5.41) is 6.75. The van der Waals surface area contributed by atoms with E-state index in [0.717, 1.165) is 58.1 Å². The topological polar surface area (TPSA) is 48.9 Å². The standard InChI is InChI=1S/C15H32N4O/c1-5-10-19(6-2)11-9-17-14(16-4)18-13-15(3)8-7-12-20-15/h5-13H2,1-4H3,(H2,16,17,18). The maximum atomic E-state index is 5.77. The largest absolute Gasteiger partial charge is 0.373 e. The van der Waals surface area contributed by atoms with Gasteiger partial charge in [0.05, 0.1) is 5.60 Å². The van der Waals surface area contributed by atoms with Crippen LogP contribution in [0.5, 0.6) is 0 Å². The van der Waals surface area contributed by atoms with E-state index in [1.54, 1.807) is 0 Å². The van der Waals surface area contributed by atoms with Crippen LogP contribution in [0.3, 0.4) is 0 Å². The monoisotopic (exact) mass is 284 g/mol. The van der Waals surface area contributed by atoms with Crippen LogP contribution < -0.4 is 10.6 Å². The first-order chi connectivity index (χ1) is 9.63. The van der Waals surface area contributed by atoms with Crippen molar-refractivity contribution in [2.24, 2.45) is 4.99 Å². The smallest absolute Gasteiger partial charge is 0.191 e. The van der Waals surface area contributed by atoms with Gasteiger partial charge in [0, 0.05) is 33.3 Å². The zero-order valence-corrected chi connectivity index (χ0v) is 13.7. The van der Waals surface area contributed by atoms with Gasteiger partial charge >= 0.3 is 0 Å². The fraction of sp³-hybridized carbons (Fsp3) is 0.933. The number of hydrogen-bond acceptors (Lipinski definition) is 3. The van der Waals surface area contributed by atoms with E-state index in [-0.39, 0.29) is 5.60 Å². The summed E-state index contributed by atoms with van der Waals surface area (Å²) in [6.07, 6.45) is 3.49. The molecule has 1 saturated heterocycles. The molecular weight excluding hydrogens is 252 g/mol. The summed E-state index contributed by atoms with van der Waals surface area (Å²) in [5.41, 5.74) is -0.0325. The minimum Gasteiger partial charge on any atom is -0.373 e.